The number of hydrogen-bond donors (Lipinski definition) is 2. The second-order valence-electron chi connectivity index (χ2n) is 3.59. The molecule has 0 radical (unpaired) electrons. The summed E-state index contributed by atoms with van der Waals surface area (Å²) in [6.45, 7) is 2.42. The summed E-state index contributed by atoms with van der Waals surface area (Å²) in [6.07, 6.45) is 4.09. The fourth-order valence-electron chi connectivity index (χ4n) is 1.59. The van der Waals surface area contributed by atoms with Crippen LogP contribution in [0, 0.1) is 17.2 Å². The van der Waals surface area contributed by atoms with Crippen molar-refractivity contribution in [2.24, 2.45) is 11.8 Å². The van der Waals surface area contributed by atoms with Crippen molar-refractivity contribution in [3.63, 3.8) is 0 Å². The van der Waals surface area contributed by atoms with Gasteiger partial charge in [-0.3, -0.25) is 0 Å². The Morgan fingerprint density at radius 3 is 2.82 bits per heavy atom. The van der Waals surface area contributed by atoms with E-state index in [9.17, 15) is 0 Å². The quantitative estimate of drug-likeness (QED) is 0.557. The van der Waals surface area contributed by atoms with E-state index < -0.39 is 0 Å². The van der Waals surface area contributed by atoms with Gasteiger partial charge in [0.1, 0.15) is 0 Å². The first kappa shape index (κ1) is 8.72. The van der Waals surface area contributed by atoms with Gasteiger partial charge in [0.15, 0.2) is 0 Å². The number of aliphatic hydroxyl groups excluding tert-OH is 1. The third-order valence-corrected chi connectivity index (χ3v) is 2.68. The molecule has 1 aliphatic carbocycles. The van der Waals surface area contributed by atoms with Crippen molar-refractivity contribution in [2.75, 3.05) is 6.61 Å². The first-order valence-electron chi connectivity index (χ1n) is 4.42. The van der Waals surface area contributed by atoms with E-state index in [0.717, 1.165) is 31.4 Å². The maximum absolute atomic E-state index is 8.92. The fourth-order valence-corrected chi connectivity index (χ4v) is 1.59. The molecule has 11 heavy (non-hydrogen) atoms. The lowest BCUT2D eigenvalue weighted by molar-refractivity contribution is 0.212. The SMILES string of the molecule is C[C@@H]1CC[C@@H](CO)CCC1=N. The van der Waals surface area contributed by atoms with E-state index >= 15 is 0 Å². The molecule has 0 saturated heterocycles. The van der Waals surface area contributed by atoms with Gasteiger partial charge in [-0.1, -0.05) is 6.92 Å². The zero-order chi connectivity index (χ0) is 8.27. The lowest BCUT2D eigenvalue weighted by atomic mass is 10.00. The summed E-state index contributed by atoms with van der Waals surface area (Å²) in [5.41, 5.74) is 0.876. The van der Waals surface area contributed by atoms with Gasteiger partial charge in [0, 0.05) is 12.3 Å². The predicted molar refractivity (Wildman–Crippen MR) is 45.9 cm³/mol. The van der Waals surface area contributed by atoms with Crippen LogP contribution in [0.25, 0.3) is 0 Å². The Hall–Kier alpha value is -0.370. The van der Waals surface area contributed by atoms with Crippen LogP contribution in [0.4, 0.5) is 0 Å². The van der Waals surface area contributed by atoms with Crippen LogP contribution >= 0.6 is 0 Å². The monoisotopic (exact) mass is 155 g/mol. The molecular formula is C9H17NO. The molecule has 2 N–H and O–H groups in total. The Morgan fingerprint density at radius 1 is 1.45 bits per heavy atom. The van der Waals surface area contributed by atoms with Crippen molar-refractivity contribution in [3.8, 4) is 0 Å². The van der Waals surface area contributed by atoms with Crippen molar-refractivity contribution in [1.82, 2.24) is 0 Å². The van der Waals surface area contributed by atoms with E-state index in [-0.39, 0.29) is 0 Å². The molecule has 0 aromatic heterocycles. The van der Waals surface area contributed by atoms with Gasteiger partial charge >= 0.3 is 0 Å². The summed E-state index contributed by atoms with van der Waals surface area (Å²) in [5, 5.41) is 16.5. The number of hydrogen-bond acceptors (Lipinski definition) is 2. The van der Waals surface area contributed by atoms with Gasteiger partial charge in [0.2, 0.25) is 0 Å². The third kappa shape index (κ3) is 2.29. The van der Waals surface area contributed by atoms with Crippen molar-refractivity contribution < 1.29 is 5.11 Å². The number of nitrogens with one attached hydrogen (secondary N) is 1. The van der Waals surface area contributed by atoms with E-state index in [2.05, 4.69) is 6.92 Å². The summed E-state index contributed by atoms with van der Waals surface area (Å²) < 4.78 is 0. The fraction of sp³-hybridized carbons (Fsp3) is 0.889. The van der Waals surface area contributed by atoms with E-state index in [0.29, 0.717) is 18.4 Å². The maximum atomic E-state index is 8.92. The molecule has 0 amide bonds. The van der Waals surface area contributed by atoms with Crippen molar-refractivity contribution in [1.29, 1.82) is 5.41 Å². The van der Waals surface area contributed by atoms with Gasteiger partial charge in [0.25, 0.3) is 0 Å². The van der Waals surface area contributed by atoms with Crippen LogP contribution in [-0.2, 0) is 0 Å². The number of rotatable bonds is 1. The van der Waals surface area contributed by atoms with Crippen LogP contribution in [0.15, 0.2) is 0 Å². The van der Waals surface area contributed by atoms with Gasteiger partial charge < -0.3 is 10.5 Å². The largest absolute Gasteiger partial charge is 0.396 e. The smallest absolute Gasteiger partial charge is 0.0459 e. The first-order valence-corrected chi connectivity index (χ1v) is 4.42. The molecule has 0 aromatic carbocycles. The molecule has 64 valence electrons. The van der Waals surface area contributed by atoms with E-state index in [1.807, 2.05) is 0 Å². The van der Waals surface area contributed by atoms with Gasteiger partial charge in [-0.2, -0.15) is 0 Å². The van der Waals surface area contributed by atoms with E-state index in [1.165, 1.54) is 0 Å². The summed E-state index contributed by atoms with van der Waals surface area (Å²) in [6, 6.07) is 0. The summed E-state index contributed by atoms with van der Waals surface area (Å²) in [4.78, 5) is 0. The van der Waals surface area contributed by atoms with Crippen LogP contribution in [0.3, 0.4) is 0 Å². The average Bonchev–Trinajstić information content (AvgIpc) is 2.16. The molecule has 1 fully saturated rings. The molecule has 2 atom stereocenters. The topological polar surface area (TPSA) is 44.1 Å². The second kappa shape index (κ2) is 3.86. The highest BCUT2D eigenvalue weighted by molar-refractivity contribution is 5.83. The van der Waals surface area contributed by atoms with Crippen LogP contribution < -0.4 is 0 Å². The van der Waals surface area contributed by atoms with Crippen LogP contribution in [0.2, 0.25) is 0 Å². The highest BCUT2D eigenvalue weighted by atomic mass is 16.3. The van der Waals surface area contributed by atoms with Crippen molar-refractivity contribution in [3.05, 3.63) is 0 Å². The van der Waals surface area contributed by atoms with Crippen LogP contribution in [-0.4, -0.2) is 17.4 Å². The molecule has 0 heterocycles. The molecule has 0 unspecified atom stereocenters. The normalized spacial score (nSPS) is 33.5. The van der Waals surface area contributed by atoms with Gasteiger partial charge in [0.05, 0.1) is 0 Å². The highest BCUT2D eigenvalue weighted by Crippen LogP contribution is 2.24. The third-order valence-electron chi connectivity index (χ3n) is 2.68. The lowest BCUT2D eigenvalue weighted by Crippen LogP contribution is -2.06. The predicted octanol–water partition coefficient (Wildman–Crippen LogP) is 1.82. The minimum Gasteiger partial charge on any atom is -0.396 e. The molecule has 1 aliphatic rings. The van der Waals surface area contributed by atoms with Gasteiger partial charge in [-0.15, -0.1) is 0 Å². The molecule has 0 aliphatic heterocycles. The molecule has 0 aromatic rings. The molecule has 1 saturated carbocycles. The van der Waals surface area contributed by atoms with Crippen LogP contribution in [0.5, 0.6) is 0 Å². The minimum atomic E-state index is 0.306. The van der Waals surface area contributed by atoms with Crippen molar-refractivity contribution in [2.45, 2.75) is 32.6 Å². The number of aliphatic hydroxyl groups is 1. The maximum Gasteiger partial charge on any atom is 0.0459 e. The Labute approximate surface area is 68.1 Å². The Bertz CT molecular complexity index is 144. The summed E-state index contributed by atoms with van der Waals surface area (Å²) in [7, 11) is 0. The molecular weight excluding hydrogens is 138 g/mol. The van der Waals surface area contributed by atoms with Crippen LogP contribution in [0.1, 0.15) is 32.6 Å². The Morgan fingerprint density at radius 2 is 2.18 bits per heavy atom. The zero-order valence-corrected chi connectivity index (χ0v) is 7.14. The zero-order valence-electron chi connectivity index (χ0n) is 7.14. The standard InChI is InChI=1S/C9H17NO/c1-7-2-3-8(6-11)4-5-9(7)10/h7-8,10-11H,2-6H2,1H3/t7-,8-/m1/s1. The Balaban J connectivity index is 2.44. The summed E-state index contributed by atoms with van der Waals surface area (Å²) in [5.74, 6) is 0.909. The second-order valence-corrected chi connectivity index (χ2v) is 3.59. The highest BCUT2D eigenvalue weighted by Gasteiger charge is 2.18. The van der Waals surface area contributed by atoms with E-state index in [4.69, 9.17) is 10.5 Å². The molecule has 0 bridgehead atoms. The van der Waals surface area contributed by atoms with Gasteiger partial charge in [-0.25, -0.2) is 0 Å². The minimum absolute atomic E-state index is 0.306. The van der Waals surface area contributed by atoms with E-state index in [1.54, 1.807) is 0 Å². The summed E-state index contributed by atoms with van der Waals surface area (Å²) >= 11 is 0. The molecule has 0 spiro atoms. The first-order chi connectivity index (χ1) is 5.24. The average molecular weight is 155 g/mol. The molecule has 2 nitrogen and oxygen atoms in total. The lowest BCUT2D eigenvalue weighted by Gasteiger charge is -2.08. The molecule has 1 rings (SSSR count). The van der Waals surface area contributed by atoms with Crippen molar-refractivity contribution >= 4 is 5.71 Å². The van der Waals surface area contributed by atoms with Gasteiger partial charge in [-0.05, 0) is 37.5 Å². The Kier molecular flexibility index (Phi) is 3.06. The molecule has 2 heteroatoms.